The summed E-state index contributed by atoms with van der Waals surface area (Å²) in [7, 11) is 0. The highest BCUT2D eigenvalue weighted by molar-refractivity contribution is 9.10. The summed E-state index contributed by atoms with van der Waals surface area (Å²) in [5.74, 6) is 0.667. The summed E-state index contributed by atoms with van der Waals surface area (Å²) in [5, 5.41) is 2.85. The molecule has 5 heteroatoms. The quantitative estimate of drug-likeness (QED) is 0.789. The lowest BCUT2D eigenvalue weighted by Crippen LogP contribution is -2.37. The molecule has 2 unspecified atom stereocenters. The number of benzene rings is 1. The molecule has 0 spiro atoms. The number of hydrogen-bond donors (Lipinski definition) is 2. The molecular weight excluding hydrogens is 332 g/mol. The molecule has 0 heterocycles. The van der Waals surface area contributed by atoms with E-state index in [0.29, 0.717) is 13.0 Å². The van der Waals surface area contributed by atoms with E-state index in [1.165, 1.54) is 0 Å². The van der Waals surface area contributed by atoms with Gasteiger partial charge in [0, 0.05) is 17.1 Å². The summed E-state index contributed by atoms with van der Waals surface area (Å²) in [6, 6.07) is 4.02. The first kappa shape index (κ1) is 18.0. The first-order valence-corrected chi connectivity index (χ1v) is 8.13. The number of nitrogens with two attached hydrogens (primary N) is 1. The number of aryl methyl sites for hydroxylation is 1. The number of hydrogen-bond acceptors (Lipinski definition) is 3. The Balaban J connectivity index is 2.93. The Bertz CT molecular complexity index is 489. The van der Waals surface area contributed by atoms with Crippen LogP contribution in [0.15, 0.2) is 16.6 Å². The fourth-order valence-electron chi connectivity index (χ4n) is 2.09. The molecule has 3 N–H and O–H groups in total. The van der Waals surface area contributed by atoms with Gasteiger partial charge >= 0.3 is 0 Å². The fraction of sp³-hybridized carbons (Fsp3) is 0.562. The van der Waals surface area contributed by atoms with E-state index in [1.54, 1.807) is 6.92 Å². The molecule has 1 amide bonds. The van der Waals surface area contributed by atoms with Gasteiger partial charge in [0.1, 0.15) is 5.75 Å². The van der Waals surface area contributed by atoms with Crippen LogP contribution in [0.4, 0.5) is 0 Å². The van der Waals surface area contributed by atoms with E-state index < -0.39 is 6.10 Å². The van der Waals surface area contributed by atoms with E-state index >= 15 is 0 Å². The molecule has 1 rings (SSSR count). The molecule has 1 aromatic carbocycles. The predicted molar refractivity (Wildman–Crippen MR) is 89.6 cm³/mol. The molecular formula is C16H25BrN2O2. The maximum absolute atomic E-state index is 11.9. The van der Waals surface area contributed by atoms with E-state index in [-0.39, 0.29) is 11.9 Å². The van der Waals surface area contributed by atoms with Crippen LogP contribution in [0.1, 0.15) is 38.3 Å². The summed E-state index contributed by atoms with van der Waals surface area (Å²) < 4.78 is 6.89. The maximum atomic E-state index is 11.9. The Labute approximate surface area is 135 Å². The van der Waals surface area contributed by atoms with E-state index in [1.807, 2.05) is 32.9 Å². The van der Waals surface area contributed by atoms with Crippen LogP contribution in [0.5, 0.6) is 5.75 Å². The molecule has 21 heavy (non-hydrogen) atoms. The lowest BCUT2D eigenvalue weighted by atomic mass is 10.0. The van der Waals surface area contributed by atoms with E-state index in [2.05, 4.69) is 21.2 Å². The van der Waals surface area contributed by atoms with Crippen molar-refractivity contribution >= 4 is 21.8 Å². The Morgan fingerprint density at radius 1 is 1.43 bits per heavy atom. The molecule has 118 valence electrons. The smallest absolute Gasteiger partial charge is 0.260 e. The number of ether oxygens (including phenoxy) is 1. The average Bonchev–Trinajstić information content (AvgIpc) is 2.38. The van der Waals surface area contributed by atoms with Crippen LogP contribution in [-0.2, 0) is 11.2 Å². The molecule has 0 saturated carbocycles. The van der Waals surface area contributed by atoms with Crippen LogP contribution >= 0.6 is 15.9 Å². The molecule has 1 aromatic rings. The van der Waals surface area contributed by atoms with E-state index in [0.717, 1.165) is 27.8 Å². The number of carbonyl (C=O) groups is 1. The van der Waals surface area contributed by atoms with Crippen molar-refractivity contribution in [1.82, 2.24) is 5.32 Å². The van der Waals surface area contributed by atoms with E-state index in [9.17, 15) is 4.79 Å². The highest BCUT2D eigenvalue weighted by Gasteiger charge is 2.18. The lowest BCUT2D eigenvalue weighted by Gasteiger charge is -2.20. The number of halogens is 1. The van der Waals surface area contributed by atoms with Gasteiger partial charge in [-0.2, -0.15) is 0 Å². The third-order valence-corrected chi connectivity index (χ3v) is 3.53. The van der Waals surface area contributed by atoms with Gasteiger partial charge in [-0.1, -0.05) is 22.9 Å². The number of amides is 1. The molecule has 0 fully saturated rings. The molecule has 4 nitrogen and oxygen atoms in total. The summed E-state index contributed by atoms with van der Waals surface area (Å²) in [6.07, 6.45) is 1.09. The first-order chi connectivity index (χ1) is 9.85. The zero-order valence-electron chi connectivity index (χ0n) is 13.2. The molecule has 0 aliphatic heterocycles. The van der Waals surface area contributed by atoms with Crippen LogP contribution in [0.2, 0.25) is 0 Å². The third kappa shape index (κ3) is 5.67. The van der Waals surface area contributed by atoms with Gasteiger partial charge in [-0.05, 0) is 56.9 Å². The van der Waals surface area contributed by atoms with Gasteiger partial charge < -0.3 is 15.8 Å². The van der Waals surface area contributed by atoms with Crippen molar-refractivity contribution in [3.05, 3.63) is 27.7 Å². The minimum absolute atomic E-state index is 0.0327. The summed E-state index contributed by atoms with van der Waals surface area (Å²) in [4.78, 5) is 11.9. The Kier molecular flexibility index (Phi) is 7.18. The van der Waals surface area contributed by atoms with Crippen molar-refractivity contribution in [3.8, 4) is 5.75 Å². The SMILES string of the molecule is CCCNC(=O)C(C)Oc1c(C)cc(Br)cc1CC(C)N. The number of nitrogens with one attached hydrogen (secondary N) is 1. The first-order valence-electron chi connectivity index (χ1n) is 7.34. The topological polar surface area (TPSA) is 64.3 Å². The molecule has 0 aliphatic carbocycles. The van der Waals surface area contributed by atoms with Crippen LogP contribution < -0.4 is 15.8 Å². The second kappa shape index (κ2) is 8.39. The highest BCUT2D eigenvalue weighted by atomic mass is 79.9. The van der Waals surface area contributed by atoms with Crippen molar-refractivity contribution in [1.29, 1.82) is 0 Å². The van der Waals surface area contributed by atoms with Gasteiger partial charge in [0.25, 0.3) is 5.91 Å². The standard InChI is InChI=1S/C16H25BrN2O2/c1-5-6-19-16(20)12(4)21-15-10(2)7-14(17)9-13(15)8-11(3)18/h7,9,11-12H,5-6,8,18H2,1-4H3,(H,19,20). The third-order valence-electron chi connectivity index (χ3n) is 3.07. The molecule has 0 saturated heterocycles. The van der Waals surface area contributed by atoms with Gasteiger partial charge in [-0.15, -0.1) is 0 Å². The molecule has 0 aromatic heterocycles. The van der Waals surface area contributed by atoms with Gasteiger partial charge in [-0.3, -0.25) is 4.79 Å². The fourth-order valence-corrected chi connectivity index (χ4v) is 2.71. The Hall–Kier alpha value is -1.07. The molecule has 0 radical (unpaired) electrons. The Morgan fingerprint density at radius 3 is 2.67 bits per heavy atom. The summed E-state index contributed by atoms with van der Waals surface area (Å²) in [5.41, 5.74) is 7.92. The normalized spacial score (nSPS) is 13.6. The monoisotopic (exact) mass is 356 g/mol. The minimum Gasteiger partial charge on any atom is -0.480 e. The van der Waals surface area contributed by atoms with Crippen molar-refractivity contribution in [2.24, 2.45) is 5.73 Å². The zero-order chi connectivity index (χ0) is 16.0. The van der Waals surface area contributed by atoms with Crippen molar-refractivity contribution in [3.63, 3.8) is 0 Å². The maximum Gasteiger partial charge on any atom is 0.260 e. The molecule has 0 aliphatic rings. The van der Waals surface area contributed by atoms with Gasteiger partial charge in [0.05, 0.1) is 0 Å². The molecule has 0 bridgehead atoms. The molecule has 2 atom stereocenters. The van der Waals surface area contributed by atoms with Gasteiger partial charge in [0.15, 0.2) is 6.10 Å². The second-order valence-corrected chi connectivity index (χ2v) is 6.36. The highest BCUT2D eigenvalue weighted by Crippen LogP contribution is 2.29. The number of carbonyl (C=O) groups excluding carboxylic acids is 1. The van der Waals surface area contributed by atoms with Crippen LogP contribution in [0.25, 0.3) is 0 Å². The lowest BCUT2D eigenvalue weighted by molar-refractivity contribution is -0.127. The summed E-state index contributed by atoms with van der Waals surface area (Å²) in [6.45, 7) is 8.38. The summed E-state index contributed by atoms with van der Waals surface area (Å²) >= 11 is 3.49. The number of rotatable bonds is 7. The van der Waals surface area contributed by atoms with Gasteiger partial charge in [0.2, 0.25) is 0 Å². The van der Waals surface area contributed by atoms with Crippen LogP contribution in [0, 0.1) is 6.92 Å². The van der Waals surface area contributed by atoms with Crippen molar-refractivity contribution in [2.45, 2.75) is 52.7 Å². The second-order valence-electron chi connectivity index (χ2n) is 5.44. The van der Waals surface area contributed by atoms with Gasteiger partial charge in [-0.25, -0.2) is 0 Å². The van der Waals surface area contributed by atoms with Crippen molar-refractivity contribution < 1.29 is 9.53 Å². The van der Waals surface area contributed by atoms with Crippen LogP contribution in [0.3, 0.4) is 0 Å². The predicted octanol–water partition coefficient (Wildman–Crippen LogP) is 2.94. The average molecular weight is 357 g/mol. The largest absolute Gasteiger partial charge is 0.480 e. The van der Waals surface area contributed by atoms with Crippen molar-refractivity contribution in [2.75, 3.05) is 6.54 Å². The minimum atomic E-state index is -0.525. The zero-order valence-corrected chi connectivity index (χ0v) is 14.8. The van der Waals surface area contributed by atoms with E-state index in [4.69, 9.17) is 10.5 Å². The van der Waals surface area contributed by atoms with Crippen LogP contribution in [-0.4, -0.2) is 24.6 Å². The Morgan fingerprint density at radius 2 is 2.10 bits per heavy atom.